The third kappa shape index (κ3) is 5.45. The number of methoxy groups -OCH3 is 2. The summed E-state index contributed by atoms with van der Waals surface area (Å²) in [7, 11) is 3.09. The van der Waals surface area contributed by atoms with Gasteiger partial charge in [-0.25, -0.2) is 24.4 Å². The topological polar surface area (TPSA) is 126 Å². The average molecular weight is 487 g/mol. The summed E-state index contributed by atoms with van der Waals surface area (Å²) in [4.78, 5) is 23.8. The van der Waals surface area contributed by atoms with Crippen molar-refractivity contribution in [1.29, 1.82) is 0 Å². The van der Waals surface area contributed by atoms with E-state index in [-0.39, 0.29) is 19.5 Å². The molecule has 0 bridgehead atoms. The van der Waals surface area contributed by atoms with Crippen molar-refractivity contribution in [2.24, 2.45) is 0 Å². The Morgan fingerprint density at radius 1 is 1.03 bits per heavy atom. The SMILES string of the molecule is COCOc1cc(OCOC)c(C(C)C)cc1-c1n[nH]c(=O)n1-c1cnc(N2CCOCC2)nc1. The molecule has 0 unspecified atom stereocenters. The average Bonchev–Trinajstić information content (AvgIpc) is 3.27. The molecule has 1 N–H and O–H groups in total. The minimum absolute atomic E-state index is 0.00373. The van der Waals surface area contributed by atoms with E-state index in [1.165, 1.54) is 11.7 Å². The largest absolute Gasteiger partial charge is 0.467 e. The summed E-state index contributed by atoms with van der Waals surface area (Å²) >= 11 is 0. The minimum atomic E-state index is -0.425. The van der Waals surface area contributed by atoms with Crippen molar-refractivity contribution in [1.82, 2.24) is 24.7 Å². The lowest BCUT2D eigenvalue weighted by molar-refractivity contribution is 0.0457. The summed E-state index contributed by atoms with van der Waals surface area (Å²) in [6, 6.07) is 3.65. The smallest absolute Gasteiger partial charge is 0.348 e. The molecule has 1 fully saturated rings. The van der Waals surface area contributed by atoms with Crippen LogP contribution in [0.1, 0.15) is 25.3 Å². The number of hydrogen-bond acceptors (Lipinski definition) is 10. The van der Waals surface area contributed by atoms with Gasteiger partial charge in [0.1, 0.15) is 11.5 Å². The van der Waals surface area contributed by atoms with Crippen LogP contribution in [0.5, 0.6) is 11.5 Å². The van der Waals surface area contributed by atoms with Gasteiger partial charge >= 0.3 is 5.69 Å². The number of ether oxygens (including phenoxy) is 5. The van der Waals surface area contributed by atoms with Crippen molar-refractivity contribution in [3.05, 3.63) is 40.6 Å². The normalized spacial score (nSPS) is 13.9. The second-order valence-corrected chi connectivity index (χ2v) is 8.17. The molecule has 12 heteroatoms. The summed E-state index contributed by atoms with van der Waals surface area (Å²) in [6.07, 6.45) is 3.21. The maximum atomic E-state index is 12.8. The summed E-state index contributed by atoms with van der Waals surface area (Å²) in [5.74, 6) is 2.10. The number of benzene rings is 1. The quantitative estimate of drug-likeness (QED) is 0.425. The van der Waals surface area contributed by atoms with Gasteiger partial charge in [-0.2, -0.15) is 5.10 Å². The Kier molecular flexibility index (Phi) is 7.95. The molecule has 188 valence electrons. The predicted octanol–water partition coefficient (Wildman–Crippen LogP) is 1.94. The standard InChI is InChI=1S/C23H30N6O6/c1-15(2)17-9-18(20(35-14-32-4)10-19(17)34-13-31-3)21-26-27-23(30)29(21)16-11-24-22(25-12-16)28-5-7-33-8-6-28/h9-12,15H,5-8,13-14H2,1-4H3,(H,27,30). The van der Waals surface area contributed by atoms with Crippen LogP contribution >= 0.6 is 0 Å². The van der Waals surface area contributed by atoms with Crippen LogP contribution < -0.4 is 20.1 Å². The van der Waals surface area contributed by atoms with Crippen molar-refractivity contribution >= 4 is 5.95 Å². The molecule has 12 nitrogen and oxygen atoms in total. The zero-order valence-corrected chi connectivity index (χ0v) is 20.3. The number of aromatic nitrogens is 5. The fourth-order valence-electron chi connectivity index (χ4n) is 3.77. The number of nitrogens with zero attached hydrogens (tertiary/aromatic N) is 5. The molecule has 3 aromatic rings. The highest BCUT2D eigenvalue weighted by Crippen LogP contribution is 2.39. The Morgan fingerprint density at radius 3 is 2.31 bits per heavy atom. The van der Waals surface area contributed by atoms with Gasteiger partial charge in [0.15, 0.2) is 19.4 Å². The number of morpholine rings is 1. The molecule has 1 saturated heterocycles. The van der Waals surface area contributed by atoms with Gasteiger partial charge in [-0.15, -0.1) is 0 Å². The molecule has 2 aromatic heterocycles. The molecule has 0 aliphatic carbocycles. The molecule has 3 heterocycles. The highest BCUT2D eigenvalue weighted by molar-refractivity contribution is 5.69. The molecular weight excluding hydrogens is 456 g/mol. The van der Waals surface area contributed by atoms with Crippen LogP contribution in [0.25, 0.3) is 17.1 Å². The predicted molar refractivity (Wildman–Crippen MR) is 127 cm³/mol. The Morgan fingerprint density at radius 2 is 1.69 bits per heavy atom. The lowest BCUT2D eigenvalue weighted by atomic mass is 9.98. The second kappa shape index (κ2) is 11.3. The molecule has 1 aliphatic heterocycles. The highest BCUT2D eigenvalue weighted by Gasteiger charge is 2.22. The Bertz CT molecular complexity index is 1170. The fourth-order valence-corrected chi connectivity index (χ4v) is 3.77. The van der Waals surface area contributed by atoms with Gasteiger partial charge in [-0.3, -0.25) is 0 Å². The molecule has 4 rings (SSSR count). The first-order valence-corrected chi connectivity index (χ1v) is 11.3. The monoisotopic (exact) mass is 486 g/mol. The number of aromatic amines is 1. The lowest BCUT2D eigenvalue weighted by Gasteiger charge is -2.26. The van der Waals surface area contributed by atoms with Gasteiger partial charge in [0.2, 0.25) is 5.95 Å². The summed E-state index contributed by atoms with van der Waals surface area (Å²) < 4.78 is 28.6. The molecule has 1 aromatic carbocycles. The van der Waals surface area contributed by atoms with Crippen LogP contribution in [0, 0.1) is 0 Å². The van der Waals surface area contributed by atoms with Gasteiger partial charge in [0, 0.05) is 33.4 Å². The van der Waals surface area contributed by atoms with E-state index < -0.39 is 5.69 Å². The number of rotatable bonds is 10. The third-order valence-corrected chi connectivity index (χ3v) is 5.49. The maximum Gasteiger partial charge on any atom is 0.348 e. The maximum absolute atomic E-state index is 12.8. The van der Waals surface area contributed by atoms with E-state index in [0.717, 1.165) is 5.56 Å². The lowest BCUT2D eigenvalue weighted by Crippen LogP contribution is -2.37. The Balaban J connectivity index is 1.77. The first-order valence-electron chi connectivity index (χ1n) is 11.3. The Labute approximate surface area is 202 Å². The molecular formula is C23H30N6O6. The summed E-state index contributed by atoms with van der Waals surface area (Å²) in [5.41, 5.74) is 1.54. The second-order valence-electron chi connectivity index (χ2n) is 8.17. The number of hydrogen-bond donors (Lipinski definition) is 1. The van der Waals surface area contributed by atoms with Gasteiger partial charge in [0.25, 0.3) is 0 Å². The van der Waals surface area contributed by atoms with Gasteiger partial charge in [-0.1, -0.05) is 13.8 Å². The van der Waals surface area contributed by atoms with Gasteiger partial charge < -0.3 is 28.6 Å². The van der Waals surface area contributed by atoms with Crippen LogP contribution in [0.3, 0.4) is 0 Å². The van der Waals surface area contributed by atoms with Crippen LogP contribution in [0.4, 0.5) is 5.95 Å². The molecule has 0 radical (unpaired) electrons. The minimum Gasteiger partial charge on any atom is -0.467 e. The number of nitrogens with one attached hydrogen (secondary N) is 1. The van der Waals surface area contributed by atoms with Crippen molar-refractivity contribution in [2.45, 2.75) is 19.8 Å². The summed E-state index contributed by atoms with van der Waals surface area (Å²) in [6.45, 7) is 6.87. The zero-order valence-electron chi connectivity index (χ0n) is 20.3. The van der Waals surface area contributed by atoms with E-state index in [0.29, 0.717) is 60.8 Å². The van der Waals surface area contributed by atoms with Gasteiger partial charge in [0.05, 0.1) is 36.9 Å². The number of H-pyrrole nitrogens is 1. The van der Waals surface area contributed by atoms with Crippen molar-refractivity contribution in [3.63, 3.8) is 0 Å². The first-order chi connectivity index (χ1) is 17.0. The first kappa shape index (κ1) is 24.6. The van der Waals surface area contributed by atoms with E-state index >= 15 is 0 Å². The van der Waals surface area contributed by atoms with E-state index in [4.69, 9.17) is 23.7 Å². The third-order valence-electron chi connectivity index (χ3n) is 5.49. The number of anilines is 1. The molecule has 0 amide bonds. The highest BCUT2D eigenvalue weighted by atomic mass is 16.7. The van der Waals surface area contributed by atoms with Crippen LogP contribution in [0.15, 0.2) is 29.3 Å². The molecule has 35 heavy (non-hydrogen) atoms. The van der Waals surface area contributed by atoms with Gasteiger partial charge in [-0.05, 0) is 17.5 Å². The van der Waals surface area contributed by atoms with Crippen LogP contribution in [0.2, 0.25) is 0 Å². The molecule has 0 spiro atoms. The molecule has 0 saturated carbocycles. The van der Waals surface area contributed by atoms with Crippen molar-refractivity contribution < 1.29 is 23.7 Å². The van der Waals surface area contributed by atoms with E-state index in [9.17, 15) is 4.79 Å². The fraction of sp³-hybridized carbons (Fsp3) is 0.478. The van der Waals surface area contributed by atoms with Crippen molar-refractivity contribution in [2.75, 3.05) is 59.0 Å². The van der Waals surface area contributed by atoms with E-state index in [1.54, 1.807) is 25.6 Å². The Hall–Kier alpha value is -3.48. The molecule has 1 aliphatic rings. The van der Waals surface area contributed by atoms with E-state index in [1.807, 2.05) is 24.8 Å². The van der Waals surface area contributed by atoms with Crippen LogP contribution in [-0.4, -0.2) is 78.8 Å². The zero-order chi connectivity index (χ0) is 24.8. The molecule has 0 atom stereocenters. The summed E-state index contributed by atoms with van der Waals surface area (Å²) in [5, 5.41) is 6.82. The van der Waals surface area contributed by atoms with E-state index in [2.05, 4.69) is 20.2 Å². The van der Waals surface area contributed by atoms with Crippen LogP contribution in [-0.2, 0) is 14.2 Å². The van der Waals surface area contributed by atoms with Crippen molar-refractivity contribution in [3.8, 4) is 28.6 Å².